The summed E-state index contributed by atoms with van der Waals surface area (Å²) in [5, 5.41) is 18.9. The number of anilines is 1. The zero-order valence-corrected chi connectivity index (χ0v) is 8.27. The second-order valence-corrected chi connectivity index (χ2v) is 3.71. The summed E-state index contributed by atoms with van der Waals surface area (Å²) in [6, 6.07) is 6.97. The number of carbonyl (C=O) groups excluding carboxylic acids is 1. The van der Waals surface area contributed by atoms with E-state index in [0.717, 1.165) is 5.56 Å². The van der Waals surface area contributed by atoms with Crippen molar-refractivity contribution in [3.8, 4) is 6.07 Å². The first kappa shape index (κ1) is 9.69. The first-order valence-corrected chi connectivity index (χ1v) is 4.69. The number of carbonyl (C=O) groups is 1. The van der Waals surface area contributed by atoms with E-state index in [4.69, 9.17) is 5.26 Å². The number of nitriles is 1. The molecule has 1 N–H and O–H groups in total. The van der Waals surface area contributed by atoms with Gasteiger partial charge >= 0.3 is 0 Å². The highest BCUT2D eigenvalue weighted by Gasteiger charge is 2.29. The monoisotopic (exact) mass is 202 g/mol. The molecular weight excluding hydrogens is 192 g/mol. The van der Waals surface area contributed by atoms with Gasteiger partial charge in [-0.15, -0.1) is 0 Å². The van der Waals surface area contributed by atoms with E-state index < -0.39 is 0 Å². The molecule has 0 bridgehead atoms. The Morgan fingerprint density at radius 3 is 3.00 bits per heavy atom. The molecule has 0 radical (unpaired) electrons. The van der Waals surface area contributed by atoms with Crippen LogP contribution >= 0.6 is 0 Å². The number of nitrogens with zero attached hydrogens (tertiary/aromatic N) is 2. The second kappa shape index (κ2) is 3.37. The highest BCUT2D eigenvalue weighted by molar-refractivity contribution is 5.95. The van der Waals surface area contributed by atoms with Gasteiger partial charge in [0.05, 0.1) is 17.3 Å². The van der Waals surface area contributed by atoms with Gasteiger partial charge < -0.3 is 0 Å². The third kappa shape index (κ3) is 1.47. The lowest BCUT2D eigenvalue weighted by Gasteiger charge is -2.27. The van der Waals surface area contributed by atoms with Crippen LogP contribution in [0.2, 0.25) is 0 Å². The lowest BCUT2D eigenvalue weighted by atomic mass is 9.93. The maximum Gasteiger partial charge on any atom is 0.253 e. The lowest BCUT2D eigenvalue weighted by Crippen LogP contribution is -2.37. The van der Waals surface area contributed by atoms with Gasteiger partial charge in [0.25, 0.3) is 5.91 Å². The summed E-state index contributed by atoms with van der Waals surface area (Å²) in [4.78, 5) is 11.5. The molecule has 76 valence electrons. The average molecular weight is 202 g/mol. The fourth-order valence-corrected chi connectivity index (χ4v) is 1.75. The van der Waals surface area contributed by atoms with E-state index in [2.05, 4.69) is 0 Å². The van der Waals surface area contributed by atoms with E-state index in [1.165, 1.54) is 6.07 Å². The summed E-state index contributed by atoms with van der Waals surface area (Å²) in [7, 11) is 0. The Balaban J connectivity index is 2.52. The Bertz CT molecular complexity index is 462. The van der Waals surface area contributed by atoms with Crippen LogP contribution in [0.15, 0.2) is 18.2 Å². The standard InChI is InChI=1S/C11H10N2O2/c1-7-4-9-3-2-8(6-12)5-10(9)13(15)11(7)14/h2-3,5,7,15H,4H2,1H3/t7-/m1/s1. The van der Waals surface area contributed by atoms with Crippen LogP contribution in [0.5, 0.6) is 0 Å². The summed E-state index contributed by atoms with van der Waals surface area (Å²) in [5.41, 5.74) is 1.76. The quantitative estimate of drug-likeness (QED) is 0.648. The van der Waals surface area contributed by atoms with E-state index in [1.54, 1.807) is 19.1 Å². The smallest absolute Gasteiger partial charge is 0.253 e. The number of hydrogen-bond acceptors (Lipinski definition) is 3. The van der Waals surface area contributed by atoms with Gasteiger partial charge in [0.15, 0.2) is 0 Å². The van der Waals surface area contributed by atoms with Crippen LogP contribution in [0.25, 0.3) is 0 Å². The number of benzene rings is 1. The zero-order valence-electron chi connectivity index (χ0n) is 8.27. The number of rotatable bonds is 0. The minimum Gasteiger partial charge on any atom is -0.281 e. The minimum absolute atomic E-state index is 0.213. The van der Waals surface area contributed by atoms with Crippen LogP contribution in [-0.4, -0.2) is 11.1 Å². The highest BCUT2D eigenvalue weighted by Crippen LogP contribution is 2.29. The van der Waals surface area contributed by atoms with E-state index in [9.17, 15) is 10.0 Å². The molecule has 1 aliphatic heterocycles. The van der Waals surface area contributed by atoms with Gasteiger partial charge in [0.2, 0.25) is 0 Å². The summed E-state index contributed by atoms with van der Waals surface area (Å²) < 4.78 is 0. The third-order valence-corrected chi connectivity index (χ3v) is 2.60. The fourth-order valence-electron chi connectivity index (χ4n) is 1.75. The van der Waals surface area contributed by atoms with Crippen LogP contribution in [-0.2, 0) is 11.2 Å². The molecule has 0 unspecified atom stereocenters. The zero-order chi connectivity index (χ0) is 11.0. The normalized spacial score (nSPS) is 19.7. The molecule has 2 rings (SSSR count). The predicted molar refractivity (Wildman–Crippen MR) is 53.3 cm³/mol. The Hall–Kier alpha value is -1.86. The molecule has 0 spiro atoms. The molecule has 0 fully saturated rings. The first-order valence-electron chi connectivity index (χ1n) is 4.69. The van der Waals surface area contributed by atoms with E-state index in [0.29, 0.717) is 22.7 Å². The maximum atomic E-state index is 11.5. The van der Waals surface area contributed by atoms with Gasteiger partial charge in [-0.25, -0.2) is 0 Å². The van der Waals surface area contributed by atoms with Gasteiger partial charge in [-0.1, -0.05) is 13.0 Å². The molecule has 4 heteroatoms. The number of fused-ring (bicyclic) bond motifs is 1. The molecule has 15 heavy (non-hydrogen) atoms. The average Bonchev–Trinajstić information content (AvgIpc) is 2.26. The summed E-state index contributed by atoms with van der Waals surface area (Å²) in [6.45, 7) is 1.77. The van der Waals surface area contributed by atoms with Gasteiger partial charge in [0, 0.05) is 5.92 Å². The number of amides is 1. The van der Waals surface area contributed by atoms with Crippen LogP contribution < -0.4 is 5.06 Å². The Labute approximate surface area is 87.3 Å². The molecule has 4 nitrogen and oxygen atoms in total. The summed E-state index contributed by atoms with van der Waals surface area (Å²) in [6.07, 6.45) is 0.608. The SMILES string of the molecule is C[C@@H]1Cc2ccc(C#N)cc2N(O)C1=O. The molecule has 1 amide bonds. The molecule has 1 aromatic rings. The van der Waals surface area contributed by atoms with Gasteiger partial charge in [-0.05, 0) is 24.1 Å². The van der Waals surface area contributed by atoms with Crippen molar-refractivity contribution < 1.29 is 10.0 Å². The molecule has 0 saturated heterocycles. The van der Waals surface area contributed by atoms with Crippen molar-refractivity contribution in [3.05, 3.63) is 29.3 Å². The molecule has 1 aromatic carbocycles. The Morgan fingerprint density at radius 2 is 2.33 bits per heavy atom. The largest absolute Gasteiger partial charge is 0.281 e. The topological polar surface area (TPSA) is 64.3 Å². The van der Waals surface area contributed by atoms with Crippen molar-refractivity contribution in [3.63, 3.8) is 0 Å². The third-order valence-electron chi connectivity index (χ3n) is 2.60. The lowest BCUT2D eigenvalue weighted by molar-refractivity contribution is -0.127. The van der Waals surface area contributed by atoms with Crippen LogP contribution in [0.1, 0.15) is 18.1 Å². The van der Waals surface area contributed by atoms with Crippen molar-refractivity contribution in [1.82, 2.24) is 0 Å². The second-order valence-electron chi connectivity index (χ2n) is 3.71. The molecule has 0 aliphatic carbocycles. The Kier molecular flexibility index (Phi) is 2.18. The van der Waals surface area contributed by atoms with Crippen LogP contribution in [0.3, 0.4) is 0 Å². The fraction of sp³-hybridized carbons (Fsp3) is 0.273. The molecule has 0 saturated carbocycles. The molecule has 1 aliphatic rings. The summed E-state index contributed by atoms with van der Waals surface area (Å²) >= 11 is 0. The van der Waals surface area contributed by atoms with Crippen LogP contribution in [0.4, 0.5) is 5.69 Å². The van der Waals surface area contributed by atoms with Crippen LogP contribution in [0, 0.1) is 17.2 Å². The predicted octanol–water partition coefficient (Wildman–Crippen LogP) is 1.47. The molecule has 1 heterocycles. The van der Waals surface area contributed by atoms with Crippen molar-refractivity contribution in [1.29, 1.82) is 5.26 Å². The molecule has 0 aromatic heterocycles. The molecule has 1 atom stereocenters. The number of hydrogen-bond donors (Lipinski definition) is 1. The first-order chi connectivity index (χ1) is 7.13. The summed E-state index contributed by atoms with van der Waals surface area (Å²) in [5.74, 6) is -0.534. The number of hydroxylamine groups is 1. The Morgan fingerprint density at radius 1 is 1.60 bits per heavy atom. The molecular formula is C11H10N2O2. The van der Waals surface area contributed by atoms with Crippen molar-refractivity contribution >= 4 is 11.6 Å². The van der Waals surface area contributed by atoms with E-state index in [1.807, 2.05) is 6.07 Å². The van der Waals surface area contributed by atoms with Gasteiger partial charge in [-0.3, -0.25) is 10.0 Å². The van der Waals surface area contributed by atoms with E-state index >= 15 is 0 Å². The van der Waals surface area contributed by atoms with Gasteiger partial charge in [-0.2, -0.15) is 10.3 Å². The maximum absolute atomic E-state index is 11.5. The van der Waals surface area contributed by atoms with Crippen molar-refractivity contribution in [2.45, 2.75) is 13.3 Å². The minimum atomic E-state index is -0.322. The van der Waals surface area contributed by atoms with Crippen molar-refractivity contribution in [2.75, 3.05) is 5.06 Å². The van der Waals surface area contributed by atoms with Crippen molar-refractivity contribution in [2.24, 2.45) is 5.92 Å². The highest BCUT2D eigenvalue weighted by atomic mass is 16.5. The van der Waals surface area contributed by atoms with E-state index in [-0.39, 0.29) is 11.8 Å². The van der Waals surface area contributed by atoms with Gasteiger partial charge in [0.1, 0.15) is 0 Å².